The van der Waals surface area contributed by atoms with Crippen LogP contribution >= 0.6 is 15.9 Å². The van der Waals surface area contributed by atoms with E-state index >= 15 is 0 Å². The van der Waals surface area contributed by atoms with E-state index in [0.29, 0.717) is 5.69 Å². The fourth-order valence-electron chi connectivity index (χ4n) is 1.49. The zero-order valence-electron chi connectivity index (χ0n) is 9.81. The Bertz CT molecular complexity index is 631. The topological polar surface area (TPSA) is 92.4 Å². The summed E-state index contributed by atoms with van der Waals surface area (Å²) in [7, 11) is 0. The molecular weight excluding hydrogens is 316 g/mol. The van der Waals surface area contributed by atoms with Gasteiger partial charge < -0.3 is 14.9 Å². The molecule has 1 aromatic heterocycles. The molecule has 0 saturated carbocycles. The molecule has 0 aliphatic carbocycles. The number of carbonyl (C=O) groups is 2. The molecule has 2 N–H and O–H groups in total. The number of aromatic nitrogens is 1. The van der Waals surface area contributed by atoms with Gasteiger partial charge in [-0.1, -0.05) is 21.1 Å². The van der Waals surface area contributed by atoms with E-state index in [9.17, 15) is 9.59 Å². The monoisotopic (exact) mass is 324 g/mol. The Morgan fingerprint density at radius 2 is 2.05 bits per heavy atom. The van der Waals surface area contributed by atoms with Crippen LogP contribution in [0.25, 0.3) is 0 Å². The third-order valence-electron chi connectivity index (χ3n) is 2.25. The van der Waals surface area contributed by atoms with Gasteiger partial charge in [0.05, 0.1) is 0 Å². The summed E-state index contributed by atoms with van der Waals surface area (Å²) in [5, 5.41) is 14.7. The van der Waals surface area contributed by atoms with Crippen LogP contribution in [0.5, 0.6) is 0 Å². The van der Waals surface area contributed by atoms with E-state index < -0.39 is 11.9 Å². The van der Waals surface area contributed by atoms with E-state index in [2.05, 4.69) is 30.9 Å². The molecular formula is C12H9BrN2O4. The molecule has 0 aliphatic rings. The van der Waals surface area contributed by atoms with Crippen LogP contribution in [0.4, 0.5) is 5.69 Å². The summed E-state index contributed by atoms with van der Waals surface area (Å²) in [6, 6.07) is 6.47. The maximum atomic E-state index is 11.8. The van der Waals surface area contributed by atoms with E-state index in [1.807, 2.05) is 13.0 Å². The van der Waals surface area contributed by atoms with E-state index in [1.165, 1.54) is 0 Å². The van der Waals surface area contributed by atoms with Gasteiger partial charge in [0.15, 0.2) is 5.69 Å². The van der Waals surface area contributed by atoms with Gasteiger partial charge in [-0.2, -0.15) is 0 Å². The van der Waals surface area contributed by atoms with Crippen LogP contribution in [0.15, 0.2) is 33.3 Å². The second kappa shape index (κ2) is 5.23. The third-order valence-corrected chi connectivity index (χ3v) is 2.71. The highest BCUT2D eigenvalue weighted by atomic mass is 79.9. The van der Waals surface area contributed by atoms with Crippen molar-refractivity contribution in [3.63, 3.8) is 0 Å². The average Bonchev–Trinajstić information content (AvgIpc) is 2.76. The summed E-state index contributed by atoms with van der Waals surface area (Å²) in [5.41, 5.74) is 1.46. The Hall–Kier alpha value is -2.15. The van der Waals surface area contributed by atoms with Crippen molar-refractivity contribution in [1.82, 2.24) is 5.16 Å². The summed E-state index contributed by atoms with van der Waals surface area (Å²) in [5.74, 6) is -2.19. The van der Waals surface area contributed by atoms with E-state index in [0.717, 1.165) is 16.1 Å². The number of anilines is 1. The minimum atomic E-state index is -1.27. The number of nitrogens with zero attached hydrogens (tertiary/aromatic N) is 1. The second-order valence-corrected chi connectivity index (χ2v) is 4.77. The van der Waals surface area contributed by atoms with Gasteiger partial charge in [0.25, 0.3) is 5.91 Å². The number of hydrogen-bond acceptors (Lipinski definition) is 4. The molecule has 1 amide bonds. The number of aryl methyl sites for hydroxylation is 1. The smallest absolute Gasteiger partial charge is 0.374 e. The van der Waals surface area contributed by atoms with Crippen LogP contribution in [0, 0.1) is 6.92 Å². The largest absolute Gasteiger partial charge is 0.475 e. The van der Waals surface area contributed by atoms with Gasteiger partial charge >= 0.3 is 5.97 Å². The molecule has 0 saturated heterocycles. The number of halogens is 1. The quantitative estimate of drug-likeness (QED) is 0.905. The highest BCUT2D eigenvalue weighted by Crippen LogP contribution is 2.19. The number of nitrogens with one attached hydrogen (secondary N) is 1. The van der Waals surface area contributed by atoms with E-state index in [1.54, 1.807) is 12.1 Å². The molecule has 1 aromatic carbocycles. The molecule has 2 aromatic rings. The summed E-state index contributed by atoms with van der Waals surface area (Å²) in [6.45, 7) is 1.89. The SMILES string of the molecule is Cc1cc(Br)cc(NC(=O)c2cc(C(=O)O)on2)c1. The maximum Gasteiger partial charge on any atom is 0.374 e. The summed E-state index contributed by atoms with van der Waals surface area (Å²) in [6.07, 6.45) is 0. The van der Waals surface area contributed by atoms with E-state index in [-0.39, 0.29) is 11.5 Å². The molecule has 0 fully saturated rings. The lowest BCUT2D eigenvalue weighted by atomic mass is 10.2. The molecule has 0 bridgehead atoms. The Morgan fingerprint density at radius 3 is 2.63 bits per heavy atom. The summed E-state index contributed by atoms with van der Waals surface area (Å²) < 4.78 is 5.34. The average molecular weight is 325 g/mol. The number of carboxylic acid groups (broad SMARTS) is 1. The first kappa shape index (κ1) is 13.3. The molecule has 0 atom stereocenters. The van der Waals surface area contributed by atoms with Crippen LogP contribution < -0.4 is 5.32 Å². The number of aromatic carboxylic acids is 1. The predicted molar refractivity (Wildman–Crippen MR) is 70.3 cm³/mol. The fraction of sp³-hybridized carbons (Fsp3) is 0.0833. The Morgan fingerprint density at radius 1 is 1.32 bits per heavy atom. The Labute approximate surface area is 116 Å². The molecule has 0 aliphatic heterocycles. The standard InChI is InChI=1S/C12H9BrN2O4/c1-6-2-7(13)4-8(3-6)14-11(16)9-5-10(12(17)18)19-15-9/h2-5H,1H3,(H,14,16)(H,17,18). The van der Waals surface area contributed by atoms with E-state index in [4.69, 9.17) is 5.11 Å². The molecule has 0 radical (unpaired) electrons. The number of rotatable bonds is 3. The summed E-state index contributed by atoms with van der Waals surface area (Å²) >= 11 is 3.32. The number of carboxylic acids is 1. The van der Waals surface area contributed by atoms with Gasteiger partial charge in [0.1, 0.15) is 0 Å². The van der Waals surface area contributed by atoms with Gasteiger partial charge in [-0.05, 0) is 30.7 Å². The zero-order valence-corrected chi connectivity index (χ0v) is 11.4. The molecule has 6 nitrogen and oxygen atoms in total. The molecule has 7 heteroatoms. The van der Waals surface area contributed by atoms with Gasteiger partial charge in [0, 0.05) is 16.2 Å². The van der Waals surface area contributed by atoms with Crippen molar-refractivity contribution in [2.24, 2.45) is 0 Å². The van der Waals surface area contributed by atoms with Crippen molar-refractivity contribution in [1.29, 1.82) is 0 Å². The van der Waals surface area contributed by atoms with Crippen molar-refractivity contribution in [3.05, 3.63) is 45.8 Å². The van der Waals surface area contributed by atoms with Crippen molar-refractivity contribution in [2.75, 3.05) is 5.32 Å². The van der Waals surface area contributed by atoms with Crippen LogP contribution in [-0.2, 0) is 0 Å². The third kappa shape index (κ3) is 3.19. The first-order chi connectivity index (χ1) is 8.95. The number of carbonyl (C=O) groups excluding carboxylic acids is 1. The van der Waals surface area contributed by atoms with Crippen molar-refractivity contribution < 1.29 is 19.2 Å². The molecule has 2 rings (SSSR count). The first-order valence-corrected chi connectivity index (χ1v) is 6.03. The molecule has 19 heavy (non-hydrogen) atoms. The molecule has 98 valence electrons. The zero-order chi connectivity index (χ0) is 14.0. The van der Waals surface area contributed by atoms with Crippen LogP contribution in [0.3, 0.4) is 0 Å². The van der Waals surface area contributed by atoms with Crippen LogP contribution in [0.1, 0.15) is 26.6 Å². The Balaban J connectivity index is 2.18. The van der Waals surface area contributed by atoms with Crippen molar-refractivity contribution in [2.45, 2.75) is 6.92 Å². The highest BCUT2D eigenvalue weighted by Gasteiger charge is 2.16. The van der Waals surface area contributed by atoms with Gasteiger partial charge in [-0.3, -0.25) is 4.79 Å². The lowest BCUT2D eigenvalue weighted by molar-refractivity contribution is 0.0651. The molecule has 0 unspecified atom stereocenters. The lowest BCUT2D eigenvalue weighted by Gasteiger charge is -2.04. The van der Waals surface area contributed by atoms with Crippen molar-refractivity contribution >= 4 is 33.5 Å². The number of amides is 1. The molecule has 1 heterocycles. The number of hydrogen-bond donors (Lipinski definition) is 2. The second-order valence-electron chi connectivity index (χ2n) is 3.85. The highest BCUT2D eigenvalue weighted by molar-refractivity contribution is 9.10. The maximum absolute atomic E-state index is 11.8. The normalized spacial score (nSPS) is 10.2. The Kier molecular flexibility index (Phi) is 3.66. The minimum absolute atomic E-state index is 0.0879. The number of benzene rings is 1. The fourth-order valence-corrected chi connectivity index (χ4v) is 2.09. The summed E-state index contributed by atoms with van der Waals surface area (Å²) in [4.78, 5) is 22.4. The molecule has 0 spiro atoms. The van der Waals surface area contributed by atoms with Gasteiger partial charge in [-0.15, -0.1) is 0 Å². The van der Waals surface area contributed by atoms with Gasteiger partial charge in [-0.25, -0.2) is 4.79 Å². The minimum Gasteiger partial charge on any atom is -0.475 e. The van der Waals surface area contributed by atoms with Crippen molar-refractivity contribution in [3.8, 4) is 0 Å². The van der Waals surface area contributed by atoms with Crippen LogP contribution in [0.2, 0.25) is 0 Å². The van der Waals surface area contributed by atoms with Gasteiger partial charge in [0.2, 0.25) is 5.76 Å². The predicted octanol–water partition coefficient (Wildman–Crippen LogP) is 2.70. The van der Waals surface area contributed by atoms with Crippen LogP contribution in [-0.4, -0.2) is 22.1 Å². The first-order valence-electron chi connectivity index (χ1n) is 5.24. The lowest BCUT2D eigenvalue weighted by Crippen LogP contribution is -2.12.